The van der Waals surface area contributed by atoms with Crippen LogP contribution in [0.3, 0.4) is 0 Å². The summed E-state index contributed by atoms with van der Waals surface area (Å²) in [6, 6.07) is 12.3. The van der Waals surface area contributed by atoms with Gasteiger partial charge in [0.15, 0.2) is 0 Å². The maximum absolute atomic E-state index is 4.19. The van der Waals surface area contributed by atoms with Crippen LogP contribution in [0.25, 0.3) is 32.8 Å². The van der Waals surface area contributed by atoms with E-state index in [1.807, 2.05) is 21.2 Å². The lowest BCUT2D eigenvalue weighted by Gasteiger charge is -2.07. The Morgan fingerprint density at radius 1 is 0.600 bits per heavy atom. The van der Waals surface area contributed by atoms with Gasteiger partial charge in [-0.3, -0.25) is 0 Å². The van der Waals surface area contributed by atoms with E-state index in [1.54, 1.807) is 12.4 Å². The van der Waals surface area contributed by atoms with Crippen molar-refractivity contribution in [3.05, 3.63) is 48.8 Å². The van der Waals surface area contributed by atoms with Gasteiger partial charge in [0, 0.05) is 10.8 Å². The van der Waals surface area contributed by atoms with Crippen LogP contribution >= 0.6 is 0 Å². The van der Waals surface area contributed by atoms with E-state index in [2.05, 4.69) is 44.9 Å². The fraction of sp³-hybridized carbons (Fsp3) is 0. The monoisotopic (exact) mass is 260 g/mol. The van der Waals surface area contributed by atoms with Crippen LogP contribution in [-0.2, 0) is 0 Å². The first-order valence-electron chi connectivity index (χ1n) is 6.27. The van der Waals surface area contributed by atoms with Crippen LogP contribution in [0.1, 0.15) is 0 Å². The molecule has 6 nitrogen and oxygen atoms in total. The Morgan fingerprint density at radius 2 is 1.05 bits per heavy atom. The summed E-state index contributed by atoms with van der Waals surface area (Å²) in [6.45, 7) is 0. The van der Waals surface area contributed by atoms with Gasteiger partial charge in [-0.2, -0.15) is 0 Å². The molecule has 0 aliphatic rings. The zero-order valence-electron chi connectivity index (χ0n) is 10.3. The van der Waals surface area contributed by atoms with Gasteiger partial charge in [-0.1, -0.05) is 34.7 Å². The van der Waals surface area contributed by atoms with Gasteiger partial charge in [0.2, 0.25) is 0 Å². The molecule has 0 saturated heterocycles. The Morgan fingerprint density at radius 3 is 1.55 bits per heavy atom. The molecule has 6 heteroatoms. The average molecular weight is 260 g/mol. The average Bonchev–Trinajstić information content (AvgIpc) is 3.14. The number of rotatable bonds is 0. The number of pyridine rings is 2. The molecule has 0 bridgehead atoms. The third-order valence-corrected chi connectivity index (χ3v) is 3.66. The van der Waals surface area contributed by atoms with Crippen molar-refractivity contribution in [3.63, 3.8) is 0 Å². The number of hydrogen-bond acceptors (Lipinski definition) is 4. The minimum atomic E-state index is 0.960. The maximum Gasteiger partial charge on any atom is 0.101 e. The fourth-order valence-electron chi connectivity index (χ4n) is 2.74. The topological polar surface area (TPSA) is 60.4 Å². The van der Waals surface area contributed by atoms with Crippen LogP contribution in [0.15, 0.2) is 48.8 Å². The summed E-state index contributed by atoms with van der Waals surface area (Å²) >= 11 is 0. The van der Waals surface area contributed by atoms with Crippen LogP contribution in [-0.4, -0.2) is 29.7 Å². The molecule has 4 aromatic heterocycles. The zero-order valence-corrected chi connectivity index (χ0v) is 10.3. The molecular formula is C14H8N6. The van der Waals surface area contributed by atoms with Crippen LogP contribution in [0.4, 0.5) is 0 Å². The SMILES string of the molecule is c1cc2ccc3cnnn3c2c2c1ccc1cnnn12. The van der Waals surface area contributed by atoms with E-state index in [0.29, 0.717) is 0 Å². The van der Waals surface area contributed by atoms with Crippen molar-refractivity contribution >= 4 is 32.8 Å². The fourth-order valence-corrected chi connectivity index (χ4v) is 2.74. The number of fused-ring (bicyclic) bond motifs is 7. The zero-order chi connectivity index (χ0) is 13.1. The number of benzene rings is 1. The van der Waals surface area contributed by atoms with Crippen molar-refractivity contribution in [1.82, 2.24) is 29.7 Å². The van der Waals surface area contributed by atoms with Gasteiger partial charge in [0.1, 0.15) is 11.0 Å². The van der Waals surface area contributed by atoms with Gasteiger partial charge in [0.05, 0.1) is 23.4 Å². The second-order valence-corrected chi connectivity index (χ2v) is 4.75. The molecule has 1 aromatic carbocycles. The van der Waals surface area contributed by atoms with Gasteiger partial charge in [-0.25, -0.2) is 9.03 Å². The predicted octanol–water partition coefficient (Wildman–Crippen LogP) is 2.08. The van der Waals surface area contributed by atoms with Crippen molar-refractivity contribution < 1.29 is 0 Å². The molecule has 20 heavy (non-hydrogen) atoms. The Kier molecular flexibility index (Phi) is 1.62. The molecule has 0 unspecified atom stereocenters. The Labute approximate surface area is 112 Å². The lowest BCUT2D eigenvalue weighted by atomic mass is 10.1. The van der Waals surface area contributed by atoms with Crippen molar-refractivity contribution in [2.45, 2.75) is 0 Å². The van der Waals surface area contributed by atoms with E-state index in [-0.39, 0.29) is 0 Å². The lowest BCUT2D eigenvalue weighted by Crippen LogP contribution is -1.97. The highest BCUT2D eigenvalue weighted by Crippen LogP contribution is 2.26. The molecule has 4 heterocycles. The smallest absolute Gasteiger partial charge is 0.101 e. The summed E-state index contributed by atoms with van der Waals surface area (Å²) < 4.78 is 3.69. The highest BCUT2D eigenvalue weighted by Gasteiger charge is 2.10. The summed E-state index contributed by atoms with van der Waals surface area (Å²) in [5.74, 6) is 0. The second-order valence-electron chi connectivity index (χ2n) is 4.75. The minimum Gasteiger partial charge on any atom is -0.211 e. The van der Waals surface area contributed by atoms with Gasteiger partial charge in [-0.05, 0) is 12.1 Å². The third-order valence-electron chi connectivity index (χ3n) is 3.66. The first-order valence-corrected chi connectivity index (χ1v) is 6.27. The number of hydrogen-bond donors (Lipinski definition) is 0. The molecule has 0 aliphatic carbocycles. The highest BCUT2D eigenvalue weighted by molar-refractivity contribution is 6.05. The molecule has 0 atom stereocenters. The van der Waals surface area contributed by atoms with Crippen molar-refractivity contribution in [2.24, 2.45) is 0 Å². The molecular weight excluding hydrogens is 252 g/mol. The van der Waals surface area contributed by atoms with Gasteiger partial charge >= 0.3 is 0 Å². The summed E-state index contributed by atoms with van der Waals surface area (Å²) in [4.78, 5) is 0. The van der Waals surface area contributed by atoms with Gasteiger partial charge in [0.25, 0.3) is 0 Å². The molecule has 0 saturated carbocycles. The molecule has 0 aliphatic heterocycles. The Bertz CT molecular complexity index is 1010. The Hall–Kier alpha value is -3.02. The van der Waals surface area contributed by atoms with E-state index in [9.17, 15) is 0 Å². The summed E-state index contributed by atoms with van der Waals surface area (Å²) in [7, 11) is 0. The molecule has 0 radical (unpaired) electrons. The van der Waals surface area contributed by atoms with Gasteiger partial charge in [-0.15, -0.1) is 10.2 Å². The molecule has 0 fully saturated rings. The summed E-state index contributed by atoms with van der Waals surface area (Å²) in [6.07, 6.45) is 3.50. The predicted molar refractivity (Wildman–Crippen MR) is 74.5 cm³/mol. The largest absolute Gasteiger partial charge is 0.211 e. The lowest BCUT2D eigenvalue weighted by molar-refractivity contribution is 0.866. The maximum atomic E-state index is 4.19. The van der Waals surface area contributed by atoms with Crippen LogP contribution in [0.5, 0.6) is 0 Å². The molecule has 0 spiro atoms. The molecule has 5 aromatic rings. The summed E-state index contributed by atoms with van der Waals surface area (Å²) in [5, 5.41) is 18.6. The minimum absolute atomic E-state index is 0.960. The molecule has 5 rings (SSSR count). The van der Waals surface area contributed by atoms with E-state index in [4.69, 9.17) is 0 Å². The standard InChI is InChI=1S/C14H8N6/c1-2-10-4-6-12-8-16-18-20(12)14(10)13-9(1)3-5-11-7-15-17-19(11)13/h1-8H. The molecule has 94 valence electrons. The van der Waals surface area contributed by atoms with E-state index >= 15 is 0 Å². The number of nitrogens with zero attached hydrogens (tertiary/aromatic N) is 6. The summed E-state index contributed by atoms with van der Waals surface area (Å²) in [5.41, 5.74) is 3.91. The third kappa shape index (κ3) is 1.08. The van der Waals surface area contributed by atoms with Crippen molar-refractivity contribution in [2.75, 3.05) is 0 Å². The van der Waals surface area contributed by atoms with Crippen LogP contribution < -0.4 is 0 Å². The van der Waals surface area contributed by atoms with Crippen LogP contribution in [0.2, 0.25) is 0 Å². The van der Waals surface area contributed by atoms with Crippen LogP contribution in [0, 0.1) is 0 Å². The number of aromatic nitrogens is 6. The first-order chi connectivity index (χ1) is 9.92. The van der Waals surface area contributed by atoms with E-state index in [1.165, 1.54) is 0 Å². The normalized spacial score (nSPS) is 12.0. The van der Waals surface area contributed by atoms with Crippen molar-refractivity contribution in [3.8, 4) is 0 Å². The van der Waals surface area contributed by atoms with E-state index < -0.39 is 0 Å². The van der Waals surface area contributed by atoms with Crippen molar-refractivity contribution in [1.29, 1.82) is 0 Å². The Balaban J connectivity index is 2.23. The molecule has 0 amide bonds. The highest BCUT2D eigenvalue weighted by atomic mass is 15.4. The van der Waals surface area contributed by atoms with E-state index in [0.717, 1.165) is 32.8 Å². The van der Waals surface area contributed by atoms with Gasteiger partial charge < -0.3 is 0 Å². The second kappa shape index (κ2) is 3.30. The molecule has 0 N–H and O–H groups in total. The quantitative estimate of drug-likeness (QED) is 0.400. The first kappa shape index (κ1) is 9.85.